The van der Waals surface area contributed by atoms with Gasteiger partial charge in [-0.3, -0.25) is 4.79 Å². The maximum absolute atomic E-state index is 14.9. The first-order valence-corrected chi connectivity index (χ1v) is 12.6. The summed E-state index contributed by atoms with van der Waals surface area (Å²) in [6.07, 6.45) is 7.71. The standard InChI is InChI=1S/C27H37FN2O4/c1-27(2,3)34-26(32)30-14-12-18(13-15-30)17-33-22-10-11-23(24(28)16-22)19-4-6-20(7-5-19)25(31)29-21-8-9-21/h4,10-11,16,18,20-21H,5-9,12-15,17H2,1-3H3,(H,29,31). The fourth-order valence-corrected chi connectivity index (χ4v) is 4.53. The van der Waals surface area contributed by atoms with Gasteiger partial charge in [-0.1, -0.05) is 6.08 Å². The normalized spacial score (nSPS) is 21.6. The van der Waals surface area contributed by atoms with E-state index >= 15 is 0 Å². The van der Waals surface area contributed by atoms with Gasteiger partial charge in [-0.05, 0) is 89.3 Å². The highest BCUT2D eigenvalue weighted by Crippen LogP contribution is 2.33. The Balaban J connectivity index is 1.24. The zero-order chi connectivity index (χ0) is 24.3. The minimum absolute atomic E-state index is 0.00301. The lowest BCUT2D eigenvalue weighted by molar-refractivity contribution is -0.125. The van der Waals surface area contributed by atoms with Crippen molar-refractivity contribution in [2.45, 2.75) is 77.4 Å². The first kappa shape index (κ1) is 24.6. The van der Waals surface area contributed by atoms with Crippen LogP contribution in [0, 0.1) is 17.7 Å². The average Bonchev–Trinajstić information content (AvgIpc) is 3.61. The molecule has 2 aliphatic carbocycles. The molecule has 6 nitrogen and oxygen atoms in total. The van der Waals surface area contributed by atoms with Crippen molar-refractivity contribution < 1.29 is 23.5 Å². The van der Waals surface area contributed by atoms with E-state index in [0.29, 0.717) is 55.8 Å². The van der Waals surface area contributed by atoms with E-state index in [4.69, 9.17) is 9.47 Å². The summed E-state index contributed by atoms with van der Waals surface area (Å²) < 4.78 is 26.2. The maximum atomic E-state index is 14.9. The number of benzene rings is 1. The largest absolute Gasteiger partial charge is 0.493 e. The van der Waals surface area contributed by atoms with Gasteiger partial charge in [0.2, 0.25) is 5.91 Å². The van der Waals surface area contributed by atoms with Crippen LogP contribution in [0.1, 0.15) is 71.3 Å². The Morgan fingerprint density at radius 2 is 1.85 bits per heavy atom. The van der Waals surface area contributed by atoms with Crippen LogP contribution in [0.15, 0.2) is 24.3 Å². The summed E-state index contributed by atoms with van der Waals surface area (Å²) >= 11 is 0. The molecule has 7 heteroatoms. The minimum atomic E-state index is -0.493. The number of allylic oxidation sites excluding steroid dienone is 2. The number of carbonyl (C=O) groups excluding carboxylic acids is 2. The van der Waals surface area contributed by atoms with E-state index in [-0.39, 0.29) is 23.7 Å². The van der Waals surface area contributed by atoms with E-state index in [1.165, 1.54) is 6.07 Å². The highest BCUT2D eigenvalue weighted by molar-refractivity contribution is 5.81. The van der Waals surface area contributed by atoms with Crippen LogP contribution in [0.4, 0.5) is 9.18 Å². The Kier molecular flexibility index (Phi) is 7.48. The van der Waals surface area contributed by atoms with Gasteiger partial charge in [0.25, 0.3) is 0 Å². The molecule has 0 radical (unpaired) electrons. The molecule has 1 aromatic rings. The van der Waals surface area contributed by atoms with Crippen molar-refractivity contribution in [2.24, 2.45) is 11.8 Å². The fourth-order valence-electron chi connectivity index (χ4n) is 4.53. The maximum Gasteiger partial charge on any atom is 0.410 e. The lowest BCUT2D eigenvalue weighted by atomic mass is 9.86. The molecule has 0 spiro atoms. The predicted octanol–water partition coefficient (Wildman–Crippen LogP) is 5.31. The molecule has 3 aliphatic rings. The molecule has 186 valence electrons. The zero-order valence-electron chi connectivity index (χ0n) is 20.6. The molecule has 4 rings (SSSR count). The summed E-state index contributed by atoms with van der Waals surface area (Å²) in [4.78, 5) is 26.2. The van der Waals surface area contributed by atoms with Crippen molar-refractivity contribution in [1.29, 1.82) is 0 Å². The second-order valence-corrected chi connectivity index (χ2v) is 10.8. The molecular formula is C27H37FN2O4. The third kappa shape index (κ3) is 6.73. The van der Waals surface area contributed by atoms with E-state index in [2.05, 4.69) is 5.32 Å². The molecule has 1 saturated carbocycles. The number of nitrogens with one attached hydrogen (secondary N) is 1. The molecule has 1 heterocycles. The fraction of sp³-hybridized carbons (Fsp3) is 0.630. The van der Waals surface area contributed by atoms with Gasteiger partial charge in [0.05, 0.1) is 6.61 Å². The van der Waals surface area contributed by atoms with Crippen LogP contribution >= 0.6 is 0 Å². The quantitative estimate of drug-likeness (QED) is 0.609. The molecule has 1 aromatic carbocycles. The number of rotatable bonds is 6. The van der Waals surface area contributed by atoms with Crippen LogP contribution in [0.25, 0.3) is 5.57 Å². The van der Waals surface area contributed by atoms with Gasteiger partial charge >= 0.3 is 6.09 Å². The first-order valence-electron chi connectivity index (χ1n) is 12.6. The lowest BCUT2D eigenvalue weighted by Gasteiger charge is -2.33. The Labute approximate surface area is 201 Å². The van der Waals surface area contributed by atoms with Crippen molar-refractivity contribution in [3.8, 4) is 5.75 Å². The smallest absolute Gasteiger partial charge is 0.410 e. The Bertz CT molecular complexity index is 927. The molecule has 1 unspecified atom stereocenters. The highest BCUT2D eigenvalue weighted by Gasteiger charge is 2.29. The van der Waals surface area contributed by atoms with Crippen molar-refractivity contribution in [1.82, 2.24) is 10.2 Å². The Morgan fingerprint density at radius 3 is 2.44 bits per heavy atom. The molecule has 1 aliphatic heterocycles. The number of nitrogens with zero attached hydrogens (tertiary/aromatic N) is 1. The van der Waals surface area contributed by atoms with Crippen LogP contribution < -0.4 is 10.1 Å². The molecular weight excluding hydrogens is 435 g/mol. The van der Waals surface area contributed by atoms with E-state index in [1.54, 1.807) is 11.0 Å². The average molecular weight is 473 g/mol. The molecule has 0 aromatic heterocycles. The van der Waals surface area contributed by atoms with Crippen molar-refractivity contribution in [2.75, 3.05) is 19.7 Å². The topological polar surface area (TPSA) is 67.9 Å². The van der Waals surface area contributed by atoms with Crippen LogP contribution in [0.3, 0.4) is 0 Å². The molecule has 34 heavy (non-hydrogen) atoms. The second-order valence-electron chi connectivity index (χ2n) is 10.8. The lowest BCUT2D eigenvalue weighted by Crippen LogP contribution is -2.42. The third-order valence-corrected chi connectivity index (χ3v) is 6.74. The number of likely N-dealkylation sites (tertiary alicyclic amines) is 1. The van der Waals surface area contributed by atoms with Crippen molar-refractivity contribution >= 4 is 17.6 Å². The van der Waals surface area contributed by atoms with Gasteiger partial charge in [0.15, 0.2) is 0 Å². The van der Waals surface area contributed by atoms with Gasteiger partial charge in [0, 0.05) is 36.7 Å². The number of carbonyl (C=O) groups is 2. The Morgan fingerprint density at radius 1 is 1.12 bits per heavy atom. The summed E-state index contributed by atoms with van der Waals surface area (Å²) in [6.45, 7) is 7.39. The first-order chi connectivity index (χ1) is 16.2. The second kappa shape index (κ2) is 10.4. The monoisotopic (exact) mass is 472 g/mol. The summed E-state index contributed by atoms with van der Waals surface area (Å²) in [5.74, 6) is 0.690. The van der Waals surface area contributed by atoms with Gasteiger partial charge < -0.3 is 19.7 Å². The molecule has 1 atom stereocenters. The third-order valence-electron chi connectivity index (χ3n) is 6.74. The van der Waals surface area contributed by atoms with Crippen LogP contribution in [-0.4, -0.2) is 48.2 Å². The molecule has 1 N–H and O–H groups in total. The summed E-state index contributed by atoms with van der Waals surface area (Å²) in [7, 11) is 0. The van der Waals surface area contributed by atoms with Gasteiger partial charge in [-0.2, -0.15) is 0 Å². The molecule has 1 saturated heterocycles. The number of halogens is 1. The molecule has 2 amide bonds. The van der Waals surface area contributed by atoms with E-state index in [1.807, 2.05) is 32.9 Å². The highest BCUT2D eigenvalue weighted by atomic mass is 19.1. The van der Waals surface area contributed by atoms with Crippen LogP contribution in [-0.2, 0) is 9.53 Å². The number of hydrogen-bond donors (Lipinski definition) is 1. The number of hydrogen-bond acceptors (Lipinski definition) is 4. The van der Waals surface area contributed by atoms with Crippen LogP contribution in [0.5, 0.6) is 5.75 Å². The van der Waals surface area contributed by atoms with Gasteiger partial charge in [-0.25, -0.2) is 9.18 Å². The van der Waals surface area contributed by atoms with E-state index in [0.717, 1.165) is 37.7 Å². The number of amides is 2. The molecule has 2 fully saturated rings. The van der Waals surface area contributed by atoms with Crippen molar-refractivity contribution in [3.63, 3.8) is 0 Å². The SMILES string of the molecule is CC(C)(C)OC(=O)N1CCC(COc2ccc(C3=CCC(C(=O)NC4CC4)CC3)c(F)c2)CC1. The summed E-state index contributed by atoms with van der Waals surface area (Å²) in [6, 6.07) is 5.44. The molecule has 0 bridgehead atoms. The summed E-state index contributed by atoms with van der Waals surface area (Å²) in [5, 5.41) is 3.07. The van der Waals surface area contributed by atoms with Gasteiger partial charge in [0.1, 0.15) is 17.2 Å². The number of piperidine rings is 1. The number of ether oxygens (including phenoxy) is 2. The van der Waals surface area contributed by atoms with E-state index < -0.39 is 5.60 Å². The minimum Gasteiger partial charge on any atom is -0.493 e. The van der Waals surface area contributed by atoms with Crippen LogP contribution in [0.2, 0.25) is 0 Å². The summed E-state index contributed by atoms with van der Waals surface area (Å²) in [5.41, 5.74) is 1.07. The predicted molar refractivity (Wildman–Crippen MR) is 129 cm³/mol. The van der Waals surface area contributed by atoms with E-state index in [9.17, 15) is 14.0 Å². The zero-order valence-corrected chi connectivity index (χ0v) is 20.6. The Hall–Kier alpha value is -2.57. The van der Waals surface area contributed by atoms with Crippen molar-refractivity contribution in [3.05, 3.63) is 35.7 Å². The van der Waals surface area contributed by atoms with Gasteiger partial charge in [-0.15, -0.1) is 0 Å².